The minimum atomic E-state index is 0.920. The summed E-state index contributed by atoms with van der Waals surface area (Å²) < 4.78 is 5.25. The summed E-state index contributed by atoms with van der Waals surface area (Å²) in [7, 11) is 0. The second-order valence-electron chi connectivity index (χ2n) is 4.92. The molecule has 86 valence electrons. The van der Waals surface area contributed by atoms with Gasteiger partial charge < -0.3 is 4.52 Å². The summed E-state index contributed by atoms with van der Waals surface area (Å²) in [6, 6.07) is 2.04. The van der Waals surface area contributed by atoms with Gasteiger partial charge in [0.25, 0.3) is 0 Å². The lowest BCUT2D eigenvalue weighted by Crippen LogP contribution is -2.30. The molecular formula is C13H18N2O. The van der Waals surface area contributed by atoms with Crippen LogP contribution >= 0.6 is 0 Å². The number of nitrogens with zero attached hydrogens (tertiary/aromatic N) is 2. The van der Waals surface area contributed by atoms with Crippen LogP contribution in [0.5, 0.6) is 0 Å². The van der Waals surface area contributed by atoms with Crippen LogP contribution < -0.4 is 0 Å². The smallest absolute Gasteiger partial charge is 0.150 e. The van der Waals surface area contributed by atoms with E-state index in [0.29, 0.717) is 0 Å². The largest absolute Gasteiger partial charge is 0.360 e. The van der Waals surface area contributed by atoms with E-state index in [9.17, 15) is 0 Å². The van der Waals surface area contributed by atoms with Gasteiger partial charge in [0.15, 0.2) is 5.76 Å². The van der Waals surface area contributed by atoms with Gasteiger partial charge in [-0.1, -0.05) is 16.3 Å². The van der Waals surface area contributed by atoms with E-state index in [2.05, 4.69) is 10.1 Å². The summed E-state index contributed by atoms with van der Waals surface area (Å²) in [4.78, 5) is 2.46. The van der Waals surface area contributed by atoms with Gasteiger partial charge in [0.1, 0.15) is 0 Å². The first-order valence-electron chi connectivity index (χ1n) is 6.15. The number of hydrogen-bond acceptors (Lipinski definition) is 3. The van der Waals surface area contributed by atoms with Crippen molar-refractivity contribution in [2.24, 2.45) is 0 Å². The molecule has 0 atom stereocenters. The number of aryl methyl sites for hydroxylation is 1. The van der Waals surface area contributed by atoms with E-state index in [4.69, 9.17) is 4.52 Å². The first-order valence-corrected chi connectivity index (χ1v) is 6.15. The SMILES string of the molecule is Cc1cc(CN2CCC(=C3CC3)CC2)on1. The highest BCUT2D eigenvalue weighted by Gasteiger charge is 2.22. The highest BCUT2D eigenvalue weighted by molar-refractivity contribution is 5.26. The van der Waals surface area contributed by atoms with Crippen molar-refractivity contribution in [2.45, 2.75) is 39.2 Å². The fourth-order valence-electron chi connectivity index (χ4n) is 2.46. The molecule has 0 radical (unpaired) electrons. The Bertz CT molecular complexity index is 403. The molecule has 0 amide bonds. The summed E-state index contributed by atoms with van der Waals surface area (Å²) >= 11 is 0. The maximum Gasteiger partial charge on any atom is 0.150 e. The van der Waals surface area contributed by atoms with E-state index >= 15 is 0 Å². The molecule has 3 heteroatoms. The van der Waals surface area contributed by atoms with E-state index in [1.165, 1.54) is 38.8 Å². The molecule has 1 aromatic heterocycles. The Morgan fingerprint density at radius 1 is 1.19 bits per heavy atom. The molecule has 2 fully saturated rings. The molecule has 16 heavy (non-hydrogen) atoms. The lowest BCUT2D eigenvalue weighted by Gasteiger charge is -2.27. The minimum Gasteiger partial charge on any atom is -0.360 e. The number of aromatic nitrogens is 1. The van der Waals surface area contributed by atoms with Crippen LogP contribution in [0.15, 0.2) is 21.7 Å². The van der Waals surface area contributed by atoms with Crippen LogP contribution in [0.3, 0.4) is 0 Å². The molecule has 1 saturated carbocycles. The third-order valence-corrected chi connectivity index (χ3v) is 3.52. The maximum absolute atomic E-state index is 5.25. The van der Waals surface area contributed by atoms with Crippen LogP contribution in [-0.2, 0) is 6.54 Å². The van der Waals surface area contributed by atoms with Gasteiger partial charge in [-0.3, -0.25) is 4.90 Å². The average Bonchev–Trinajstić information content (AvgIpc) is 3.05. The van der Waals surface area contributed by atoms with Gasteiger partial charge >= 0.3 is 0 Å². The second kappa shape index (κ2) is 4.06. The highest BCUT2D eigenvalue weighted by Crippen LogP contribution is 2.36. The van der Waals surface area contributed by atoms with E-state index < -0.39 is 0 Å². The zero-order chi connectivity index (χ0) is 11.0. The molecule has 1 aromatic rings. The van der Waals surface area contributed by atoms with Crippen LogP contribution in [0.1, 0.15) is 37.1 Å². The van der Waals surface area contributed by atoms with Gasteiger partial charge in [0.05, 0.1) is 12.2 Å². The number of hydrogen-bond donors (Lipinski definition) is 0. The molecule has 0 unspecified atom stereocenters. The first-order chi connectivity index (χ1) is 7.81. The number of likely N-dealkylation sites (tertiary alicyclic amines) is 1. The number of rotatable bonds is 2. The van der Waals surface area contributed by atoms with Crippen molar-refractivity contribution in [1.82, 2.24) is 10.1 Å². The summed E-state index contributed by atoms with van der Waals surface area (Å²) in [5.74, 6) is 1.00. The van der Waals surface area contributed by atoms with Crippen LogP contribution in [0.4, 0.5) is 0 Å². The molecule has 1 aliphatic carbocycles. The fraction of sp³-hybridized carbons (Fsp3) is 0.615. The fourth-order valence-corrected chi connectivity index (χ4v) is 2.46. The monoisotopic (exact) mass is 218 g/mol. The van der Waals surface area contributed by atoms with Crippen molar-refractivity contribution in [3.05, 3.63) is 28.7 Å². The zero-order valence-corrected chi connectivity index (χ0v) is 9.83. The van der Waals surface area contributed by atoms with Gasteiger partial charge in [-0.15, -0.1) is 0 Å². The Morgan fingerprint density at radius 3 is 2.44 bits per heavy atom. The Labute approximate surface area is 96.1 Å². The van der Waals surface area contributed by atoms with Gasteiger partial charge in [-0.2, -0.15) is 0 Å². The second-order valence-corrected chi connectivity index (χ2v) is 4.92. The van der Waals surface area contributed by atoms with Crippen molar-refractivity contribution in [2.75, 3.05) is 13.1 Å². The Hall–Kier alpha value is -1.09. The number of piperidine rings is 1. The molecule has 0 aromatic carbocycles. The van der Waals surface area contributed by atoms with E-state index in [1.807, 2.05) is 13.0 Å². The normalized spacial score (nSPS) is 21.6. The molecular weight excluding hydrogens is 200 g/mol. The van der Waals surface area contributed by atoms with Gasteiger partial charge in [-0.05, 0) is 32.6 Å². The summed E-state index contributed by atoms with van der Waals surface area (Å²) in [6.07, 6.45) is 5.28. The first kappa shape index (κ1) is 10.1. The molecule has 1 aliphatic heterocycles. The van der Waals surface area contributed by atoms with Crippen molar-refractivity contribution in [3.63, 3.8) is 0 Å². The molecule has 2 aliphatic rings. The molecule has 2 heterocycles. The average molecular weight is 218 g/mol. The van der Waals surface area contributed by atoms with E-state index in [0.717, 1.165) is 18.0 Å². The molecule has 0 bridgehead atoms. The summed E-state index contributed by atoms with van der Waals surface area (Å²) in [5.41, 5.74) is 4.47. The van der Waals surface area contributed by atoms with Gasteiger partial charge in [-0.25, -0.2) is 0 Å². The highest BCUT2D eigenvalue weighted by atomic mass is 16.5. The molecule has 3 rings (SSSR count). The Morgan fingerprint density at radius 2 is 1.88 bits per heavy atom. The third kappa shape index (κ3) is 2.19. The quantitative estimate of drug-likeness (QED) is 0.715. The number of allylic oxidation sites excluding steroid dienone is 1. The Balaban J connectivity index is 1.56. The molecule has 3 nitrogen and oxygen atoms in total. The lowest BCUT2D eigenvalue weighted by molar-refractivity contribution is 0.217. The standard InChI is InChI=1S/C13H18N2O/c1-10-8-13(16-14-10)9-15-6-4-12(5-7-15)11-2-3-11/h8H,2-7,9H2,1H3. The van der Waals surface area contributed by atoms with Crippen LogP contribution in [0.2, 0.25) is 0 Å². The van der Waals surface area contributed by atoms with Crippen molar-refractivity contribution in [1.29, 1.82) is 0 Å². The van der Waals surface area contributed by atoms with Crippen LogP contribution in [0.25, 0.3) is 0 Å². The third-order valence-electron chi connectivity index (χ3n) is 3.52. The molecule has 0 N–H and O–H groups in total. The van der Waals surface area contributed by atoms with Gasteiger partial charge in [0, 0.05) is 19.2 Å². The molecule has 0 spiro atoms. The van der Waals surface area contributed by atoms with Crippen LogP contribution in [0, 0.1) is 6.92 Å². The van der Waals surface area contributed by atoms with Gasteiger partial charge in [0.2, 0.25) is 0 Å². The summed E-state index contributed by atoms with van der Waals surface area (Å²) in [6.45, 7) is 5.25. The maximum atomic E-state index is 5.25. The van der Waals surface area contributed by atoms with E-state index in [-0.39, 0.29) is 0 Å². The predicted octanol–water partition coefficient (Wildman–Crippen LogP) is 2.67. The topological polar surface area (TPSA) is 29.3 Å². The van der Waals surface area contributed by atoms with E-state index in [1.54, 1.807) is 11.1 Å². The van der Waals surface area contributed by atoms with Crippen molar-refractivity contribution in [3.8, 4) is 0 Å². The van der Waals surface area contributed by atoms with Crippen molar-refractivity contribution >= 4 is 0 Å². The predicted molar refractivity (Wildman–Crippen MR) is 62.0 cm³/mol. The van der Waals surface area contributed by atoms with Crippen molar-refractivity contribution < 1.29 is 4.52 Å². The molecule has 1 saturated heterocycles. The minimum absolute atomic E-state index is 0.920. The Kier molecular flexibility index (Phi) is 2.56. The zero-order valence-electron chi connectivity index (χ0n) is 9.83. The summed E-state index contributed by atoms with van der Waals surface area (Å²) in [5, 5.41) is 3.92. The van der Waals surface area contributed by atoms with Crippen LogP contribution in [-0.4, -0.2) is 23.1 Å². The lowest BCUT2D eigenvalue weighted by atomic mass is 10.0.